The molecular formula is C18H16N4O2. The van der Waals surface area contributed by atoms with E-state index in [2.05, 4.69) is 9.97 Å². The van der Waals surface area contributed by atoms with Crippen LogP contribution in [0.15, 0.2) is 42.6 Å². The monoisotopic (exact) mass is 320 g/mol. The number of nitriles is 1. The van der Waals surface area contributed by atoms with Gasteiger partial charge in [-0.1, -0.05) is 18.2 Å². The lowest BCUT2D eigenvalue weighted by Crippen LogP contribution is -2.14. The van der Waals surface area contributed by atoms with E-state index in [9.17, 15) is 4.79 Å². The van der Waals surface area contributed by atoms with Crippen molar-refractivity contribution in [1.29, 1.82) is 5.26 Å². The van der Waals surface area contributed by atoms with Gasteiger partial charge in [0.2, 0.25) is 5.88 Å². The van der Waals surface area contributed by atoms with Crippen LogP contribution in [0.25, 0.3) is 0 Å². The highest BCUT2D eigenvalue weighted by Gasteiger charge is 2.28. The second kappa shape index (κ2) is 6.92. The molecule has 1 amide bonds. The Kier molecular flexibility index (Phi) is 4.52. The number of carbonyl (C=O) groups is 1. The molecule has 0 saturated heterocycles. The highest BCUT2D eigenvalue weighted by Crippen LogP contribution is 2.39. The summed E-state index contributed by atoms with van der Waals surface area (Å²) in [5.74, 6) is 1.14. The lowest BCUT2D eigenvalue weighted by molar-refractivity contribution is 0.0997. The first-order chi connectivity index (χ1) is 11.7. The lowest BCUT2D eigenvalue weighted by Gasteiger charge is -2.10. The highest BCUT2D eigenvalue weighted by molar-refractivity contribution is 5.94. The summed E-state index contributed by atoms with van der Waals surface area (Å²) in [5.41, 5.74) is 6.53. The first-order valence-electron chi connectivity index (χ1n) is 7.65. The number of nitrogens with two attached hydrogens (primary N) is 1. The summed E-state index contributed by atoms with van der Waals surface area (Å²) in [5, 5.41) is 8.53. The molecule has 1 aromatic carbocycles. The quantitative estimate of drug-likeness (QED) is 0.824. The summed E-state index contributed by atoms with van der Waals surface area (Å²) in [4.78, 5) is 20.1. The van der Waals surface area contributed by atoms with E-state index in [1.807, 2.05) is 24.3 Å². The Morgan fingerprint density at radius 2 is 2.29 bits per heavy atom. The van der Waals surface area contributed by atoms with Crippen LogP contribution in [0, 0.1) is 11.3 Å². The van der Waals surface area contributed by atoms with Crippen LogP contribution in [0.3, 0.4) is 0 Å². The summed E-state index contributed by atoms with van der Waals surface area (Å²) in [6, 6.07) is 9.35. The third-order valence-corrected chi connectivity index (χ3v) is 3.64. The molecule has 6 nitrogen and oxygen atoms in total. The van der Waals surface area contributed by atoms with Gasteiger partial charge in [0.05, 0.1) is 6.07 Å². The van der Waals surface area contributed by atoms with Crippen LogP contribution >= 0.6 is 0 Å². The van der Waals surface area contributed by atoms with E-state index in [-0.39, 0.29) is 11.4 Å². The molecule has 0 atom stereocenters. The molecule has 3 rings (SSSR count). The maximum atomic E-state index is 11.6. The summed E-state index contributed by atoms with van der Waals surface area (Å²) < 4.78 is 5.80. The molecule has 1 aliphatic rings. The van der Waals surface area contributed by atoms with Gasteiger partial charge < -0.3 is 10.5 Å². The van der Waals surface area contributed by atoms with Crippen molar-refractivity contribution >= 4 is 5.91 Å². The number of rotatable bonds is 6. The molecule has 0 unspecified atom stereocenters. The van der Waals surface area contributed by atoms with Gasteiger partial charge in [-0.3, -0.25) is 4.79 Å². The number of aromatic nitrogens is 2. The van der Waals surface area contributed by atoms with Crippen molar-refractivity contribution in [3.05, 3.63) is 59.6 Å². The van der Waals surface area contributed by atoms with Crippen LogP contribution in [0.1, 0.15) is 40.5 Å². The third kappa shape index (κ3) is 3.76. The number of ether oxygens (including phenoxy) is 1. The van der Waals surface area contributed by atoms with Gasteiger partial charge in [-0.15, -0.1) is 0 Å². The molecule has 6 heteroatoms. The second-order valence-corrected chi connectivity index (χ2v) is 5.57. The molecule has 1 aromatic heterocycles. The zero-order chi connectivity index (χ0) is 16.9. The number of amides is 1. The van der Waals surface area contributed by atoms with Crippen molar-refractivity contribution in [1.82, 2.24) is 9.97 Å². The van der Waals surface area contributed by atoms with Crippen LogP contribution in [0.4, 0.5) is 0 Å². The molecule has 120 valence electrons. The van der Waals surface area contributed by atoms with Gasteiger partial charge in [0.15, 0.2) is 0 Å². The fourth-order valence-corrected chi connectivity index (χ4v) is 2.26. The minimum atomic E-state index is -0.625. The van der Waals surface area contributed by atoms with Crippen molar-refractivity contribution < 1.29 is 9.53 Å². The van der Waals surface area contributed by atoms with Gasteiger partial charge in [0.25, 0.3) is 5.91 Å². The number of nitrogens with zero attached hydrogens (tertiary/aromatic N) is 3. The van der Waals surface area contributed by atoms with Crippen LogP contribution in [0.2, 0.25) is 0 Å². The fourth-order valence-electron chi connectivity index (χ4n) is 2.26. The summed E-state index contributed by atoms with van der Waals surface area (Å²) in [6.07, 6.45) is 7.35. The maximum Gasteiger partial charge on any atom is 0.255 e. The number of hydrogen-bond acceptors (Lipinski definition) is 5. The average molecular weight is 320 g/mol. The van der Waals surface area contributed by atoms with Crippen LogP contribution in [-0.4, -0.2) is 15.9 Å². The molecular weight excluding hydrogens is 304 g/mol. The third-order valence-electron chi connectivity index (χ3n) is 3.64. The molecule has 0 spiro atoms. The Morgan fingerprint density at radius 1 is 1.46 bits per heavy atom. The first kappa shape index (κ1) is 15.7. The predicted molar refractivity (Wildman–Crippen MR) is 87.5 cm³/mol. The number of benzene rings is 1. The normalized spacial score (nSPS) is 13.6. The average Bonchev–Trinajstić information content (AvgIpc) is 3.40. The van der Waals surface area contributed by atoms with Crippen LogP contribution in [-0.2, 0) is 6.42 Å². The van der Waals surface area contributed by atoms with E-state index in [1.54, 1.807) is 12.1 Å². The lowest BCUT2D eigenvalue weighted by atomic mass is 10.1. The van der Waals surface area contributed by atoms with E-state index in [0.717, 1.165) is 18.4 Å². The molecule has 0 radical (unpaired) electrons. The highest BCUT2D eigenvalue weighted by atomic mass is 16.5. The Morgan fingerprint density at radius 3 is 3.00 bits per heavy atom. The fraction of sp³-hybridized carbons (Fsp3) is 0.222. The van der Waals surface area contributed by atoms with E-state index in [0.29, 0.717) is 23.9 Å². The molecule has 24 heavy (non-hydrogen) atoms. The van der Waals surface area contributed by atoms with Crippen molar-refractivity contribution in [3.8, 4) is 17.7 Å². The van der Waals surface area contributed by atoms with Crippen LogP contribution in [0.5, 0.6) is 11.6 Å². The van der Waals surface area contributed by atoms with Crippen molar-refractivity contribution in [3.63, 3.8) is 0 Å². The molecule has 1 aliphatic carbocycles. The summed E-state index contributed by atoms with van der Waals surface area (Å²) in [6.45, 7) is 0. The first-order valence-corrected chi connectivity index (χ1v) is 7.65. The van der Waals surface area contributed by atoms with E-state index in [4.69, 9.17) is 15.7 Å². The number of primary amides is 1. The summed E-state index contributed by atoms with van der Waals surface area (Å²) >= 11 is 0. The molecule has 2 aromatic rings. The van der Waals surface area contributed by atoms with Gasteiger partial charge in [0, 0.05) is 18.2 Å². The Hall–Kier alpha value is -3.20. The minimum absolute atomic E-state index is 0.161. The standard InChI is InChI=1S/C18H16N4O2/c19-9-2-1-4-12-5-3-6-14(10-12)24-18-15(16(20)23)11-21-17(22-18)13-7-8-13/h1-3,5-6,10-11,13H,4,7-8H2,(H2,20,23)/b2-1+. The zero-order valence-corrected chi connectivity index (χ0v) is 13.0. The molecule has 1 fully saturated rings. The topological polar surface area (TPSA) is 102 Å². The minimum Gasteiger partial charge on any atom is -0.438 e. The van der Waals surface area contributed by atoms with Gasteiger partial charge in [-0.05, 0) is 37.0 Å². The zero-order valence-electron chi connectivity index (χ0n) is 13.0. The maximum absolute atomic E-state index is 11.6. The Balaban J connectivity index is 1.85. The van der Waals surface area contributed by atoms with Gasteiger partial charge in [-0.2, -0.15) is 10.2 Å². The van der Waals surface area contributed by atoms with Crippen molar-refractivity contribution in [2.45, 2.75) is 25.2 Å². The smallest absolute Gasteiger partial charge is 0.255 e. The Bertz CT molecular complexity index is 835. The Labute approximate surface area is 139 Å². The second-order valence-electron chi connectivity index (χ2n) is 5.57. The van der Waals surface area contributed by atoms with E-state index >= 15 is 0 Å². The van der Waals surface area contributed by atoms with Crippen LogP contribution < -0.4 is 10.5 Å². The number of hydrogen-bond donors (Lipinski definition) is 1. The van der Waals surface area contributed by atoms with Crippen molar-refractivity contribution in [2.75, 3.05) is 0 Å². The van der Waals surface area contributed by atoms with E-state index < -0.39 is 5.91 Å². The molecule has 0 aliphatic heterocycles. The van der Waals surface area contributed by atoms with E-state index in [1.165, 1.54) is 12.3 Å². The van der Waals surface area contributed by atoms with Gasteiger partial charge in [0.1, 0.15) is 17.1 Å². The van der Waals surface area contributed by atoms with Gasteiger partial charge in [-0.25, -0.2) is 4.98 Å². The van der Waals surface area contributed by atoms with Crippen molar-refractivity contribution in [2.24, 2.45) is 5.73 Å². The number of carbonyl (C=O) groups excluding carboxylic acids is 1. The molecule has 1 heterocycles. The number of allylic oxidation sites excluding steroid dienone is 2. The van der Waals surface area contributed by atoms with Gasteiger partial charge >= 0.3 is 0 Å². The molecule has 1 saturated carbocycles. The SMILES string of the molecule is N#C/C=C/Cc1cccc(Oc2nc(C3CC3)ncc2C(N)=O)c1. The molecule has 2 N–H and O–H groups in total. The largest absolute Gasteiger partial charge is 0.438 e. The summed E-state index contributed by atoms with van der Waals surface area (Å²) in [7, 11) is 0. The predicted octanol–water partition coefficient (Wildman–Crippen LogP) is 2.87. The molecule has 0 bridgehead atoms.